The highest BCUT2D eigenvalue weighted by molar-refractivity contribution is 5.39. The molecule has 2 rings (SSSR count). The van der Waals surface area contributed by atoms with Gasteiger partial charge in [0.05, 0.1) is 6.20 Å². The fourth-order valence-electron chi connectivity index (χ4n) is 2.81. The van der Waals surface area contributed by atoms with Crippen LogP contribution in [0.1, 0.15) is 26.2 Å². The zero-order valence-electron chi connectivity index (χ0n) is 10.3. The van der Waals surface area contributed by atoms with Crippen molar-refractivity contribution in [3.63, 3.8) is 0 Å². The van der Waals surface area contributed by atoms with Gasteiger partial charge < -0.3 is 10.6 Å². The normalized spacial score (nSPS) is 23.9. The average Bonchev–Trinajstić information content (AvgIpc) is 2.81. The Bertz CT molecular complexity index is 352. The van der Waals surface area contributed by atoms with Gasteiger partial charge >= 0.3 is 0 Å². The predicted octanol–water partition coefficient (Wildman–Crippen LogP) is 2.17. The zero-order chi connectivity index (χ0) is 12.3. The molecule has 1 fully saturated rings. The number of anilines is 1. The maximum atomic E-state index is 12.9. The summed E-state index contributed by atoms with van der Waals surface area (Å²) < 4.78 is 12.9. The van der Waals surface area contributed by atoms with Crippen molar-refractivity contribution < 1.29 is 4.39 Å². The van der Waals surface area contributed by atoms with Crippen LogP contribution in [-0.4, -0.2) is 24.1 Å². The molecule has 2 unspecified atom stereocenters. The third kappa shape index (κ3) is 2.57. The summed E-state index contributed by atoms with van der Waals surface area (Å²) in [6.45, 7) is 3.72. The van der Waals surface area contributed by atoms with Crippen LogP contribution in [0.25, 0.3) is 0 Å². The Kier molecular flexibility index (Phi) is 3.94. The Morgan fingerprint density at radius 2 is 2.29 bits per heavy atom. The standard InChI is InChI=1S/C13H20FN3/c1-2-17(12-5-3-4-10(12)8-15)13-7-6-11(14)9-16-13/h6-7,9-10,12H,2-5,8,15H2,1H3. The lowest BCUT2D eigenvalue weighted by Gasteiger charge is -2.32. The highest BCUT2D eigenvalue weighted by atomic mass is 19.1. The topological polar surface area (TPSA) is 42.2 Å². The highest BCUT2D eigenvalue weighted by Gasteiger charge is 2.31. The lowest BCUT2D eigenvalue weighted by Crippen LogP contribution is -2.40. The molecular weight excluding hydrogens is 217 g/mol. The summed E-state index contributed by atoms with van der Waals surface area (Å²) in [6, 6.07) is 3.69. The Morgan fingerprint density at radius 3 is 2.88 bits per heavy atom. The van der Waals surface area contributed by atoms with E-state index in [4.69, 9.17) is 5.73 Å². The van der Waals surface area contributed by atoms with Crippen molar-refractivity contribution in [1.29, 1.82) is 0 Å². The predicted molar refractivity (Wildman–Crippen MR) is 67.4 cm³/mol. The molecule has 0 radical (unpaired) electrons. The van der Waals surface area contributed by atoms with Crippen molar-refractivity contribution >= 4 is 5.82 Å². The van der Waals surface area contributed by atoms with E-state index in [0.717, 1.165) is 25.3 Å². The van der Waals surface area contributed by atoms with E-state index in [1.807, 2.05) is 0 Å². The van der Waals surface area contributed by atoms with E-state index in [-0.39, 0.29) is 5.82 Å². The van der Waals surface area contributed by atoms with E-state index in [1.165, 1.54) is 25.1 Å². The molecule has 0 amide bonds. The molecule has 0 saturated heterocycles. The maximum Gasteiger partial charge on any atom is 0.141 e. The van der Waals surface area contributed by atoms with E-state index in [1.54, 1.807) is 6.07 Å². The number of rotatable bonds is 4. The van der Waals surface area contributed by atoms with Crippen molar-refractivity contribution in [2.75, 3.05) is 18.0 Å². The minimum atomic E-state index is -0.286. The molecule has 0 spiro atoms. The van der Waals surface area contributed by atoms with Gasteiger partial charge in [-0.2, -0.15) is 0 Å². The van der Waals surface area contributed by atoms with E-state index >= 15 is 0 Å². The largest absolute Gasteiger partial charge is 0.354 e. The van der Waals surface area contributed by atoms with E-state index in [2.05, 4.69) is 16.8 Å². The molecule has 0 aliphatic heterocycles. The van der Waals surface area contributed by atoms with Crippen molar-refractivity contribution in [1.82, 2.24) is 4.98 Å². The lowest BCUT2D eigenvalue weighted by molar-refractivity contribution is 0.459. The zero-order valence-corrected chi connectivity index (χ0v) is 10.3. The number of hydrogen-bond acceptors (Lipinski definition) is 3. The molecule has 1 aliphatic rings. The van der Waals surface area contributed by atoms with E-state index in [0.29, 0.717) is 12.0 Å². The first-order chi connectivity index (χ1) is 8.26. The smallest absolute Gasteiger partial charge is 0.141 e. The summed E-state index contributed by atoms with van der Waals surface area (Å²) >= 11 is 0. The first-order valence-electron chi connectivity index (χ1n) is 6.34. The third-order valence-corrected chi connectivity index (χ3v) is 3.67. The second-order valence-electron chi connectivity index (χ2n) is 4.61. The number of nitrogens with zero attached hydrogens (tertiary/aromatic N) is 2. The van der Waals surface area contributed by atoms with Crippen molar-refractivity contribution in [3.8, 4) is 0 Å². The van der Waals surface area contributed by atoms with E-state index < -0.39 is 0 Å². The SMILES string of the molecule is CCN(c1ccc(F)cn1)C1CCCC1CN. The number of nitrogens with two attached hydrogens (primary N) is 1. The number of hydrogen-bond donors (Lipinski definition) is 1. The van der Waals surface area contributed by atoms with Gasteiger partial charge in [0.15, 0.2) is 0 Å². The summed E-state index contributed by atoms with van der Waals surface area (Å²) in [6.07, 6.45) is 4.86. The van der Waals surface area contributed by atoms with Crippen LogP contribution in [0.4, 0.5) is 10.2 Å². The molecule has 0 aromatic carbocycles. The van der Waals surface area contributed by atoms with Crippen LogP contribution in [0.3, 0.4) is 0 Å². The van der Waals surface area contributed by atoms with E-state index in [9.17, 15) is 4.39 Å². The van der Waals surface area contributed by atoms with Gasteiger partial charge in [-0.05, 0) is 44.4 Å². The van der Waals surface area contributed by atoms with Crippen LogP contribution >= 0.6 is 0 Å². The number of aromatic nitrogens is 1. The lowest BCUT2D eigenvalue weighted by atomic mass is 10.0. The van der Waals surface area contributed by atoms with Crippen molar-refractivity contribution in [2.24, 2.45) is 11.7 Å². The van der Waals surface area contributed by atoms with Gasteiger partial charge in [-0.15, -0.1) is 0 Å². The first kappa shape index (κ1) is 12.3. The van der Waals surface area contributed by atoms with Gasteiger partial charge in [0, 0.05) is 12.6 Å². The Hall–Kier alpha value is -1.16. The summed E-state index contributed by atoms with van der Waals surface area (Å²) in [5.41, 5.74) is 5.81. The second-order valence-corrected chi connectivity index (χ2v) is 4.61. The molecule has 1 heterocycles. The quantitative estimate of drug-likeness (QED) is 0.872. The first-order valence-corrected chi connectivity index (χ1v) is 6.34. The number of pyridine rings is 1. The molecule has 17 heavy (non-hydrogen) atoms. The highest BCUT2D eigenvalue weighted by Crippen LogP contribution is 2.31. The molecule has 1 aromatic heterocycles. The minimum absolute atomic E-state index is 0.286. The molecule has 1 aliphatic carbocycles. The van der Waals surface area contributed by atoms with Gasteiger partial charge in [-0.25, -0.2) is 9.37 Å². The summed E-state index contributed by atoms with van der Waals surface area (Å²) in [7, 11) is 0. The minimum Gasteiger partial charge on any atom is -0.354 e. The van der Waals surface area contributed by atoms with Crippen LogP contribution in [0.5, 0.6) is 0 Å². The number of halogens is 1. The van der Waals surface area contributed by atoms with Gasteiger partial charge in [0.1, 0.15) is 11.6 Å². The molecule has 1 aromatic rings. The molecule has 2 atom stereocenters. The molecule has 2 N–H and O–H groups in total. The van der Waals surface area contributed by atoms with Gasteiger partial charge in [-0.1, -0.05) is 6.42 Å². The Balaban J connectivity index is 2.18. The van der Waals surface area contributed by atoms with Crippen LogP contribution < -0.4 is 10.6 Å². The average molecular weight is 237 g/mol. The van der Waals surface area contributed by atoms with Crippen LogP contribution in [-0.2, 0) is 0 Å². The maximum absolute atomic E-state index is 12.9. The summed E-state index contributed by atoms with van der Waals surface area (Å²) in [5.74, 6) is 1.12. The molecule has 1 saturated carbocycles. The monoisotopic (exact) mass is 237 g/mol. The Morgan fingerprint density at radius 1 is 1.47 bits per heavy atom. The van der Waals surface area contributed by atoms with Crippen molar-refractivity contribution in [3.05, 3.63) is 24.1 Å². The Labute approximate surface area is 102 Å². The molecule has 0 bridgehead atoms. The van der Waals surface area contributed by atoms with Crippen LogP contribution in [0, 0.1) is 11.7 Å². The third-order valence-electron chi connectivity index (χ3n) is 3.67. The van der Waals surface area contributed by atoms with Gasteiger partial charge in [0.2, 0.25) is 0 Å². The van der Waals surface area contributed by atoms with Crippen LogP contribution in [0.15, 0.2) is 18.3 Å². The molecule has 94 valence electrons. The van der Waals surface area contributed by atoms with Gasteiger partial charge in [0.25, 0.3) is 0 Å². The fraction of sp³-hybridized carbons (Fsp3) is 0.615. The van der Waals surface area contributed by atoms with Crippen LogP contribution in [0.2, 0.25) is 0 Å². The van der Waals surface area contributed by atoms with Gasteiger partial charge in [-0.3, -0.25) is 0 Å². The molecule has 3 nitrogen and oxygen atoms in total. The fourth-order valence-corrected chi connectivity index (χ4v) is 2.81. The summed E-state index contributed by atoms with van der Waals surface area (Å²) in [4.78, 5) is 6.43. The molecule has 4 heteroatoms. The van der Waals surface area contributed by atoms with Crippen molar-refractivity contribution in [2.45, 2.75) is 32.2 Å². The second kappa shape index (κ2) is 5.45. The summed E-state index contributed by atoms with van der Waals surface area (Å²) in [5, 5.41) is 0. The molecular formula is C13H20FN3.